The van der Waals surface area contributed by atoms with E-state index in [2.05, 4.69) is 26.0 Å². The average molecular weight is 321 g/mol. The van der Waals surface area contributed by atoms with E-state index in [9.17, 15) is 0 Å². The molecular formula is C22H40O. The first-order chi connectivity index (χ1) is 11.3. The molecule has 2 aliphatic rings. The van der Waals surface area contributed by atoms with Crippen molar-refractivity contribution in [3.63, 3.8) is 0 Å². The molecule has 0 aromatic carbocycles. The minimum Gasteiger partial charge on any atom is -0.381 e. The van der Waals surface area contributed by atoms with Crippen molar-refractivity contribution in [3.05, 3.63) is 12.2 Å². The summed E-state index contributed by atoms with van der Waals surface area (Å²) >= 11 is 0. The maximum atomic E-state index is 5.60. The average Bonchev–Trinajstić information content (AvgIpc) is 2.60. The Morgan fingerprint density at radius 2 is 1.22 bits per heavy atom. The second-order valence-corrected chi connectivity index (χ2v) is 8.16. The number of ether oxygens (including phenoxy) is 1. The number of allylic oxidation sites excluding steroid dienone is 2. The predicted molar refractivity (Wildman–Crippen MR) is 101 cm³/mol. The minimum atomic E-state index is 0.860. The zero-order chi connectivity index (χ0) is 16.3. The highest BCUT2D eigenvalue weighted by molar-refractivity contribution is 4.81. The highest BCUT2D eigenvalue weighted by atomic mass is 16.5. The fourth-order valence-corrected chi connectivity index (χ4v) is 4.75. The molecule has 2 fully saturated rings. The molecular weight excluding hydrogens is 280 g/mol. The maximum absolute atomic E-state index is 5.60. The molecule has 0 saturated heterocycles. The van der Waals surface area contributed by atoms with Crippen LogP contribution in [0.4, 0.5) is 0 Å². The lowest BCUT2D eigenvalue weighted by Gasteiger charge is -2.32. The number of hydrogen-bond acceptors (Lipinski definition) is 1. The summed E-state index contributed by atoms with van der Waals surface area (Å²) in [4.78, 5) is 0. The fraction of sp³-hybridized carbons (Fsp3) is 0.909. The van der Waals surface area contributed by atoms with Crippen molar-refractivity contribution in [1.29, 1.82) is 0 Å². The highest BCUT2D eigenvalue weighted by Gasteiger charge is 2.24. The Bertz CT molecular complexity index is 306. The summed E-state index contributed by atoms with van der Waals surface area (Å²) in [5.74, 6) is 3.96. The monoisotopic (exact) mass is 320 g/mol. The van der Waals surface area contributed by atoms with Crippen molar-refractivity contribution in [3.8, 4) is 0 Å². The standard InChI is InChI=1S/C22H40O/c1-3-5-6-7-19-8-10-20(11-9-19)12-13-21-14-16-22(17-15-21)18-23-4-2/h3,5,19-22H,4,6-18H2,1-2H3/b5-3+/t19-,20-,21?,22?. The van der Waals surface area contributed by atoms with Crippen LogP contribution in [0, 0.1) is 23.7 Å². The molecule has 0 aliphatic heterocycles. The van der Waals surface area contributed by atoms with E-state index >= 15 is 0 Å². The molecule has 134 valence electrons. The third-order valence-corrected chi connectivity index (χ3v) is 6.45. The Hall–Kier alpha value is -0.300. The maximum Gasteiger partial charge on any atom is 0.0494 e. The molecule has 2 saturated carbocycles. The van der Waals surface area contributed by atoms with Gasteiger partial charge in [-0.1, -0.05) is 63.5 Å². The zero-order valence-electron chi connectivity index (χ0n) is 15.8. The lowest BCUT2D eigenvalue weighted by molar-refractivity contribution is 0.0842. The molecule has 23 heavy (non-hydrogen) atoms. The van der Waals surface area contributed by atoms with Crippen LogP contribution < -0.4 is 0 Å². The van der Waals surface area contributed by atoms with E-state index in [1.165, 1.54) is 77.0 Å². The van der Waals surface area contributed by atoms with Crippen LogP contribution in [-0.2, 0) is 4.74 Å². The van der Waals surface area contributed by atoms with Crippen molar-refractivity contribution in [1.82, 2.24) is 0 Å². The van der Waals surface area contributed by atoms with Gasteiger partial charge < -0.3 is 4.74 Å². The molecule has 1 nitrogen and oxygen atoms in total. The third-order valence-electron chi connectivity index (χ3n) is 6.45. The van der Waals surface area contributed by atoms with Crippen LogP contribution in [0.5, 0.6) is 0 Å². The van der Waals surface area contributed by atoms with Gasteiger partial charge in [0.1, 0.15) is 0 Å². The van der Waals surface area contributed by atoms with Crippen molar-refractivity contribution in [2.75, 3.05) is 13.2 Å². The fourth-order valence-electron chi connectivity index (χ4n) is 4.75. The number of hydrogen-bond donors (Lipinski definition) is 0. The van der Waals surface area contributed by atoms with Gasteiger partial charge in [-0.2, -0.15) is 0 Å². The normalized spacial score (nSPS) is 32.4. The van der Waals surface area contributed by atoms with Gasteiger partial charge in [-0.05, 0) is 63.2 Å². The number of rotatable bonds is 9. The Labute approximate surface area is 145 Å². The van der Waals surface area contributed by atoms with Gasteiger partial charge in [-0.25, -0.2) is 0 Å². The van der Waals surface area contributed by atoms with Crippen LogP contribution in [0.15, 0.2) is 12.2 Å². The first kappa shape index (κ1) is 19.0. The van der Waals surface area contributed by atoms with Gasteiger partial charge in [0.05, 0.1) is 0 Å². The highest BCUT2D eigenvalue weighted by Crippen LogP contribution is 2.37. The smallest absolute Gasteiger partial charge is 0.0494 e. The van der Waals surface area contributed by atoms with Crippen LogP contribution in [-0.4, -0.2) is 13.2 Å². The largest absolute Gasteiger partial charge is 0.381 e. The van der Waals surface area contributed by atoms with Gasteiger partial charge in [0.2, 0.25) is 0 Å². The summed E-state index contributed by atoms with van der Waals surface area (Å²) in [6.45, 7) is 6.15. The van der Waals surface area contributed by atoms with Crippen LogP contribution in [0.3, 0.4) is 0 Å². The molecule has 1 heteroatoms. The Morgan fingerprint density at radius 1 is 0.739 bits per heavy atom. The molecule has 0 atom stereocenters. The molecule has 0 unspecified atom stereocenters. The van der Waals surface area contributed by atoms with Crippen molar-refractivity contribution in [2.24, 2.45) is 23.7 Å². The quantitative estimate of drug-likeness (QED) is 0.426. The van der Waals surface area contributed by atoms with E-state index in [-0.39, 0.29) is 0 Å². The third kappa shape index (κ3) is 7.42. The first-order valence-electron chi connectivity index (χ1n) is 10.5. The molecule has 0 aromatic heterocycles. The molecule has 0 spiro atoms. The van der Waals surface area contributed by atoms with E-state index in [1.54, 1.807) is 0 Å². The van der Waals surface area contributed by atoms with Gasteiger partial charge in [-0.3, -0.25) is 0 Å². The molecule has 0 heterocycles. The van der Waals surface area contributed by atoms with Gasteiger partial charge in [-0.15, -0.1) is 0 Å². The summed E-state index contributed by atoms with van der Waals surface area (Å²) < 4.78 is 5.60. The molecule has 0 bridgehead atoms. The second-order valence-electron chi connectivity index (χ2n) is 8.16. The van der Waals surface area contributed by atoms with Crippen LogP contribution >= 0.6 is 0 Å². The van der Waals surface area contributed by atoms with Crippen LogP contribution in [0.1, 0.15) is 90.9 Å². The van der Waals surface area contributed by atoms with E-state index in [4.69, 9.17) is 4.74 Å². The van der Waals surface area contributed by atoms with Crippen LogP contribution in [0.2, 0.25) is 0 Å². The van der Waals surface area contributed by atoms with Gasteiger partial charge in [0.15, 0.2) is 0 Å². The van der Waals surface area contributed by atoms with Gasteiger partial charge in [0.25, 0.3) is 0 Å². The van der Waals surface area contributed by atoms with Crippen molar-refractivity contribution < 1.29 is 4.74 Å². The van der Waals surface area contributed by atoms with Crippen molar-refractivity contribution in [2.45, 2.75) is 90.9 Å². The first-order valence-corrected chi connectivity index (χ1v) is 10.5. The minimum absolute atomic E-state index is 0.860. The predicted octanol–water partition coefficient (Wildman–Crippen LogP) is 6.77. The summed E-state index contributed by atoms with van der Waals surface area (Å²) in [6.07, 6.45) is 22.1. The van der Waals surface area contributed by atoms with E-state index in [0.29, 0.717) is 0 Å². The molecule has 0 radical (unpaired) electrons. The summed E-state index contributed by atoms with van der Waals surface area (Å²) in [5.41, 5.74) is 0. The van der Waals surface area contributed by atoms with E-state index in [0.717, 1.165) is 36.9 Å². The lowest BCUT2D eigenvalue weighted by atomic mass is 9.75. The Morgan fingerprint density at radius 3 is 1.70 bits per heavy atom. The molecule has 2 rings (SSSR count). The van der Waals surface area contributed by atoms with Gasteiger partial charge >= 0.3 is 0 Å². The van der Waals surface area contributed by atoms with Crippen molar-refractivity contribution >= 4 is 0 Å². The zero-order valence-corrected chi connectivity index (χ0v) is 15.8. The lowest BCUT2D eigenvalue weighted by Crippen LogP contribution is -2.20. The second kappa shape index (κ2) is 11.3. The Kier molecular flexibility index (Phi) is 9.34. The molecule has 0 aromatic rings. The molecule has 2 aliphatic carbocycles. The van der Waals surface area contributed by atoms with Gasteiger partial charge in [0, 0.05) is 13.2 Å². The summed E-state index contributed by atoms with van der Waals surface area (Å²) in [6, 6.07) is 0. The SMILES string of the molecule is C/C=C/CC[C@H]1CC[C@H](CCC2CCC(COCC)CC2)CC1. The Balaban J connectivity index is 1.52. The molecule has 0 N–H and O–H groups in total. The van der Waals surface area contributed by atoms with E-state index < -0.39 is 0 Å². The summed E-state index contributed by atoms with van der Waals surface area (Å²) in [7, 11) is 0. The molecule has 0 amide bonds. The topological polar surface area (TPSA) is 9.23 Å². The van der Waals surface area contributed by atoms with E-state index in [1.807, 2.05) is 0 Å². The summed E-state index contributed by atoms with van der Waals surface area (Å²) in [5, 5.41) is 0. The van der Waals surface area contributed by atoms with Crippen LogP contribution in [0.25, 0.3) is 0 Å².